The lowest BCUT2D eigenvalue weighted by atomic mass is 10.0. The Labute approximate surface area is 209 Å². The van der Waals surface area contributed by atoms with Crippen LogP contribution < -0.4 is 21.3 Å². The number of carbonyl (C=O) groups excluding carboxylic acids is 5. The van der Waals surface area contributed by atoms with Gasteiger partial charge in [0.1, 0.15) is 24.0 Å². The predicted octanol–water partition coefficient (Wildman–Crippen LogP) is 0.520. The minimum atomic E-state index is -1.07. The zero-order chi connectivity index (χ0) is 26.9. The number of carbonyl (C=O) groups is 5. The van der Waals surface area contributed by atoms with Crippen molar-refractivity contribution >= 4 is 30.1 Å². The lowest BCUT2D eigenvalue weighted by Gasteiger charge is -2.26. The molecule has 1 aliphatic rings. The third kappa shape index (κ3) is 10.0. The molecule has 1 aromatic rings. The molecule has 2 rings (SSSR count). The molecule has 1 aromatic heterocycles. The Morgan fingerprint density at radius 2 is 1.81 bits per heavy atom. The molecule has 0 radical (unpaired) electrons. The molecule has 0 saturated carbocycles. The molecule has 0 aromatic carbocycles. The minimum Gasteiger partial charge on any atom is -0.444 e. The fourth-order valence-electron chi connectivity index (χ4n) is 3.43. The summed E-state index contributed by atoms with van der Waals surface area (Å²) in [7, 11) is 0. The van der Waals surface area contributed by atoms with Crippen LogP contribution in [0, 0.1) is 5.92 Å². The molecule has 3 atom stereocenters. The number of ether oxygens (including phenoxy) is 1. The van der Waals surface area contributed by atoms with Crippen molar-refractivity contribution in [1.29, 1.82) is 0 Å². The van der Waals surface area contributed by atoms with Crippen LogP contribution in [0.25, 0.3) is 0 Å². The number of aromatic nitrogens is 2. The minimum absolute atomic E-state index is 0.0134. The lowest BCUT2D eigenvalue weighted by Crippen LogP contribution is -2.55. The second-order valence-corrected chi connectivity index (χ2v) is 10.1. The van der Waals surface area contributed by atoms with E-state index in [1.165, 1.54) is 0 Å². The number of hydrogen-bond acceptors (Lipinski definition) is 9. The first kappa shape index (κ1) is 28.7. The van der Waals surface area contributed by atoms with E-state index in [1.54, 1.807) is 20.8 Å². The van der Waals surface area contributed by atoms with Crippen LogP contribution in [0.2, 0.25) is 0 Å². The zero-order valence-corrected chi connectivity index (χ0v) is 21.4. The van der Waals surface area contributed by atoms with Crippen LogP contribution in [-0.4, -0.2) is 64.0 Å². The maximum Gasteiger partial charge on any atom is 0.408 e. The Bertz CT molecular complexity index is 940. The maximum atomic E-state index is 13.2. The van der Waals surface area contributed by atoms with E-state index >= 15 is 0 Å². The van der Waals surface area contributed by atoms with E-state index in [2.05, 4.69) is 31.5 Å². The van der Waals surface area contributed by atoms with Gasteiger partial charge in [-0.25, -0.2) is 4.79 Å². The average Bonchev–Trinajstić information content (AvgIpc) is 3.23. The fraction of sp³-hybridized carbons (Fsp3) is 0.696. The first-order valence-electron chi connectivity index (χ1n) is 12.0. The van der Waals surface area contributed by atoms with Crippen molar-refractivity contribution < 1.29 is 33.1 Å². The van der Waals surface area contributed by atoms with Gasteiger partial charge in [0, 0.05) is 12.8 Å². The van der Waals surface area contributed by atoms with E-state index in [9.17, 15) is 24.0 Å². The van der Waals surface area contributed by atoms with Gasteiger partial charge in [-0.3, -0.25) is 14.4 Å². The zero-order valence-electron chi connectivity index (χ0n) is 21.4. The summed E-state index contributed by atoms with van der Waals surface area (Å²) in [6.45, 7) is 8.83. The second kappa shape index (κ2) is 13.0. The predicted molar refractivity (Wildman–Crippen MR) is 126 cm³/mol. The molecule has 4 N–H and O–H groups in total. The molecule has 0 saturated heterocycles. The number of nitrogens with zero attached hydrogens (tertiary/aromatic N) is 2. The molecule has 0 spiro atoms. The van der Waals surface area contributed by atoms with Crippen molar-refractivity contribution in [3.05, 3.63) is 11.8 Å². The summed E-state index contributed by atoms with van der Waals surface area (Å²) in [5, 5.41) is 18.2. The number of rotatable bonds is 4. The van der Waals surface area contributed by atoms with Crippen molar-refractivity contribution in [1.82, 2.24) is 31.5 Å². The summed E-state index contributed by atoms with van der Waals surface area (Å²) in [6, 6.07) is -2.96. The first-order valence-corrected chi connectivity index (χ1v) is 12.0. The maximum absolute atomic E-state index is 13.2. The van der Waals surface area contributed by atoms with Crippen molar-refractivity contribution in [2.75, 3.05) is 0 Å². The van der Waals surface area contributed by atoms with E-state index in [4.69, 9.17) is 9.15 Å². The first-order chi connectivity index (χ1) is 16.9. The molecule has 4 amide bonds. The molecular weight excluding hydrogens is 472 g/mol. The molecule has 0 aliphatic carbocycles. The number of aldehydes is 1. The highest BCUT2D eigenvalue weighted by atomic mass is 16.6. The van der Waals surface area contributed by atoms with Gasteiger partial charge in [0.2, 0.25) is 29.5 Å². The van der Waals surface area contributed by atoms with Crippen LogP contribution in [0.5, 0.6) is 0 Å². The SMILES string of the molecule is CC(C)C[C@@H]1NC(=O)[C@@H](NC(=O)OC(C)(C)C)CCc2nnc(o2)CNC(=O)CC[C@@H](C=O)NC1=O. The second-order valence-electron chi connectivity index (χ2n) is 10.1. The average molecular weight is 509 g/mol. The largest absolute Gasteiger partial charge is 0.444 e. The van der Waals surface area contributed by atoms with Gasteiger partial charge in [0.05, 0.1) is 12.6 Å². The summed E-state index contributed by atoms with van der Waals surface area (Å²) in [6.07, 6.45) is 0.304. The fourth-order valence-corrected chi connectivity index (χ4v) is 3.43. The third-order valence-electron chi connectivity index (χ3n) is 5.11. The number of nitrogens with one attached hydrogen (secondary N) is 4. The Hall–Kier alpha value is -3.51. The van der Waals surface area contributed by atoms with Crippen molar-refractivity contribution in [2.45, 2.75) is 97.0 Å². The number of fused-ring (bicyclic) bond motifs is 2. The topological polar surface area (TPSA) is 182 Å². The Morgan fingerprint density at radius 1 is 1.11 bits per heavy atom. The summed E-state index contributed by atoms with van der Waals surface area (Å²) < 4.78 is 10.8. The van der Waals surface area contributed by atoms with Crippen LogP contribution in [0.3, 0.4) is 0 Å². The van der Waals surface area contributed by atoms with E-state index in [0.717, 1.165) is 0 Å². The van der Waals surface area contributed by atoms with Crippen LogP contribution in [-0.2, 0) is 36.9 Å². The molecule has 0 fully saturated rings. The highest BCUT2D eigenvalue weighted by Crippen LogP contribution is 2.12. The summed E-state index contributed by atoms with van der Waals surface area (Å²) in [5.41, 5.74) is -0.785. The molecular formula is C23H36N6O7. The molecule has 200 valence electrons. The molecule has 36 heavy (non-hydrogen) atoms. The lowest BCUT2D eigenvalue weighted by molar-refractivity contribution is -0.131. The van der Waals surface area contributed by atoms with Crippen LogP contribution >= 0.6 is 0 Å². The smallest absolute Gasteiger partial charge is 0.408 e. The summed E-state index contributed by atoms with van der Waals surface area (Å²) in [4.78, 5) is 62.3. The molecule has 2 bridgehead atoms. The Morgan fingerprint density at radius 3 is 2.44 bits per heavy atom. The van der Waals surface area contributed by atoms with Crippen LogP contribution in [0.15, 0.2) is 4.42 Å². The van der Waals surface area contributed by atoms with E-state index < -0.39 is 41.6 Å². The Balaban J connectivity index is 2.30. The monoisotopic (exact) mass is 508 g/mol. The number of amides is 4. The van der Waals surface area contributed by atoms with E-state index in [1.807, 2.05) is 13.8 Å². The number of hydrogen-bond donors (Lipinski definition) is 4. The highest BCUT2D eigenvalue weighted by molar-refractivity contribution is 5.92. The van der Waals surface area contributed by atoms with Gasteiger partial charge in [0.15, 0.2) is 0 Å². The summed E-state index contributed by atoms with van der Waals surface area (Å²) >= 11 is 0. The molecule has 2 heterocycles. The standard InChI is InChI=1S/C23H36N6O7/c1-13(2)10-16-21(33)25-14(12-30)6-8-17(31)24-11-19-29-28-18(35-19)9-7-15(20(32)26-16)27-22(34)36-23(3,4)5/h12-16H,6-11H2,1-5H3,(H,24,31)(H,25,33)(H,26,32)(H,27,34)/t14-,15-,16-/m0/s1. The van der Waals surface area contributed by atoms with Gasteiger partial charge in [-0.05, 0) is 46.0 Å². The van der Waals surface area contributed by atoms with Crippen molar-refractivity contribution in [2.24, 2.45) is 5.92 Å². The van der Waals surface area contributed by atoms with Gasteiger partial charge in [-0.1, -0.05) is 13.8 Å². The highest BCUT2D eigenvalue weighted by Gasteiger charge is 2.30. The number of alkyl carbamates (subject to hydrolysis) is 1. The van der Waals surface area contributed by atoms with Gasteiger partial charge in [0.25, 0.3) is 0 Å². The van der Waals surface area contributed by atoms with Gasteiger partial charge in [-0.15, -0.1) is 10.2 Å². The molecule has 1 aliphatic heterocycles. The van der Waals surface area contributed by atoms with Crippen molar-refractivity contribution in [3.8, 4) is 0 Å². The number of aryl methyl sites for hydroxylation is 1. The van der Waals surface area contributed by atoms with Crippen LogP contribution in [0.1, 0.15) is 72.1 Å². The van der Waals surface area contributed by atoms with Gasteiger partial charge < -0.3 is 35.2 Å². The third-order valence-corrected chi connectivity index (χ3v) is 5.11. The van der Waals surface area contributed by atoms with E-state index in [-0.39, 0.29) is 62.3 Å². The normalized spacial score (nSPS) is 22.6. The molecule has 13 nitrogen and oxygen atoms in total. The van der Waals surface area contributed by atoms with Gasteiger partial charge in [-0.2, -0.15) is 0 Å². The van der Waals surface area contributed by atoms with Crippen molar-refractivity contribution in [3.63, 3.8) is 0 Å². The molecule has 13 heteroatoms. The molecule has 0 unspecified atom stereocenters. The Kier molecular flexibility index (Phi) is 10.4. The van der Waals surface area contributed by atoms with Gasteiger partial charge >= 0.3 is 6.09 Å². The van der Waals surface area contributed by atoms with E-state index in [0.29, 0.717) is 6.29 Å². The quantitative estimate of drug-likeness (QED) is 0.421. The van der Waals surface area contributed by atoms with Crippen LogP contribution in [0.4, 0.5) is 4.79 Å². The summed E-state index contributed by atoms with van der Waals surface area (Å²) in [5.74, 6) is -1.11.